The highest BCUT2D eigenvalue weighted by Gasteiger charge is 2.30. The molecule has 0 saturated carbocycles. The molecule has 0 radical (unpaired) electrons. The van der Waals surface area contributed by atoms with Gasteiger partial charge in [-0.1, -0.05) is 30.3 Å². The summed E-state index contributed by atoms with van der Waals surface area (Å²) in [6, 6.07) is 13.5. The molecule has 3 aromatic carbocycles. The van der Waals surface area contributed by atoms with Crippen LogP contribution in [0.25, 0.3) is 21.5 Å². The molecule has 19 heavy (non-hydrogen) atoms. The second-order valence-corrected chi connectivity index (χ2v) is 4.66. The van der Waals surface area contributed by atoms with Gasteiger partial charge in [0.15, 0.2) is 0 Å². The number of hydrogen-bond acceptors (Lipinski definition) is 0. The molecule has 96 valence electrons. The van der Waals surface area contributed by atoms with Crippen molar-refractivity contribution in [1.29, 1.82) is 0 Å². The normalized spacial score (nSPS) is 12.2. The Bertz CT molecular complexity index is 770. The fourth-order valence-corrected chi connectivity index (χ4v) is 2.48. The molecule has 0 nitrogen and oxygen atoms in total. The first-order valence-electron chi connectivity index (χ1n) is 5.96. The number of fused-ring (bicyclic) bond motifs is 2. The minimum atomic E-state index is -4.30. The van der Waals surface area contributed by atoms with Crippen molar-refractivity contribution in [3.63, 3.8) is 0 Å². The molecule has 0 aromatic heterocycles. The Kier molecular flexibility index (Phi) is 2.52. The maximum Gasteiger partial charge on any atom is 0.416 e. The monoisotopic (exact) mass is 260 g/mol. The Hall–Kier alpha value is -2.03. The van der Waals surface area contributed by atoms with Gasteiger partial charge in [0.2, 0.25) is 0 Å². The summed E-state index contributed by atoms with van der Waals surface area (Å²) in [5, 5.41) is 3.54. The van der Waals surface area contributed by atoms with Gasteiger partial charge in [0.1, 0.15) is 0 Å². The molecule has 0 atom stereocenters. The number of benzene rings is 3. The number of hydrogen-bond donors (Lipinski definition) is 0. The third kappa shape index (κ3) is 1.95. The van der Waals surface area contributed by atoms with Crippen LogP contribution in [0.1, 0.15) is 11.1 Å². The molecular formula is C16H11F3. The smallest absolute Gasteiger partial charge is 0.166 e. The summed E-state index contributed by atoms with van der Waals surface area (Å²) in [4.78, 5) is 0. The second kappa shape index (κ2) is 3.98. The fourth-order valence-electron chi connectivity index (χ4n) is 2.48. The number of halogens is 3. The van der Waals surface area contributed by atoms with Crippen LogP contribution >= 0.6 is 0 Å². The van der Waals surface area contributed by atoms with E-state index in [1.165, 1.54) is 6.07 Å². The van der Waals surface area contributed by atoms with Crippen molar-refractivity contribution in [3.8, 4) is 0 Å². The summed E-state index contributed by atoms with van der Waals surface area (Å²) < 4.78 is 38.2. The zero-order chi connectivity index (χ0) is 13.6. The summed E-state index contributed by atoms with van der Waals surface area (Å²) in [6.07, 6.45) is -4.30. The van der Waals surface area contributed by atoms with Crippen molar-refractivity contribution in [2.45, 2.75) is 13.1 Å². The first-order valence-corrected chi connectivity index (χ1v) is 5.96. The van der Waals surface area contributed by atoms with E-state index in [4.69, 9.17) is 0 Å². The van der Waals surface area contributed by atoms with Crippen molar-refractivity contribution in [2.75, 3.05) is 0 Å². The van der Waals surface area contributed by atoms with Gasteiger partial charge in [-0.05, 0) is 52.2 Å². The Labute approximate surface area is 108 Å². The van der Waals surface area contributed by atoms with Gasteiger partial charge in [-0.15, -0.1) is 0 Å². The van der Waals surface area contributed by atoms with Gasteiger partial charge in [0.25, 0.3) is 0 Å². The summed E-state index contributed by atoms with van der Waals surface area (Å²) in [5.74, 6) is 0. The van der Waals surface area contributed by atoms with Gasteiger partial charge >= 0.3 is 6.18 Å². The van der Waals surface area contributed by atoms with Crippen molar-refractivity contribution >= 4 is 21.5 Å². The fraction of sp³-hybridized carbons (Fsp3) is 0.125. The molecule has 0 heterocycles. The van der Waals surface area contributed by atoms with Crippen molar-refractivity contribution < 1.29 is 13.2 Å². The zero-order valence-corrected chi connectivity index (χ0v) is 10.3. The van der Waals surface area contributed by atoms with Gasteiger partial charge in [-0.3, -0.25) is 0 Å². The molecule has 0 saturated heterocycles. The van der Waals surface area contributed by atoms with Crippen LogP contribution in [-0.2, 0) is 6.18 Å². The minimum Gasteiger partial charge on any atom is -0.166 e. The Balaban J connectivity index is 2.38. The lowest BCUT2D eigenvalue weighted by Crippen LogP contribution is -2.04. The topological polar surface area (TPSA) is 0 Å². The summed E-state index contributed by atoms with van der Waals surface area (Å²) >= 11 is 0. The molecule has 0 fully saturated rings. The van der Waals surface area contributed by atoms with E-state index in [9.17, 15) is 13.2 Å². The Morgan fingerprint density at radius 1 is 0.789 bits per heavy atom. The SMILES string of the molecule is Cc1c2ccccc2cc2cc(C(F)(F)F)ccc12. The third-order valence-corrected chi connectivity index (χ3v) is 3.46. The summed E-state index contributed by atoms with van der Waals surface area (Å²) in [7, 11) is 0. The predicted octanol–water partition coefficient (Wildman–Crippen LogP) is 5.32. The number of alkyl halides is 3. The van der Waals surface area contributed by atoms with Crippen molar-refractivity contribution in [3.05, 3.63) is 59.7 Å². The lowest BCUT2D eigenvalue weighted by Gasteiger charge is -2.11. The molecule has 0 aliphatic carbocycles. The van der Waals surface area contributed by atoms with Crippen LogP contribution in [0.5, 0.6) is 0 Å². The van der Waals surface area contributed by atoms with Crippen molar-refractivity contribution in [1.82, 2.24) is 0 Å². The summed E-state index contributed by atoms with van der Waals surface area (Å²) in [6.45, 7) is 1.94. The Morgan fingerprint density at radius 2 is 1.47 bits per heavy atom. The summed E-state index contributed by atoms with van der Waals surface area (Å²) in [5.41, 5.74) is 0.413. The standard InChI is InChI=1S/C16H11F3/c1-10-14-5-3-2-4-11(14)8-12-9-13(16(17,18)19)6-7-15(10)12/h2-9H,1H3. The van der Waals surface area contributed by atoms with E-state index < -0.39 is 11.7 Å². The van der Waals surface area contributed by atoms with Gasteiger partial charge in [0, 0.05) is 0 Å². The average molecular weight is 260 g/mol. The molecule has 0 N–H and O–H groups in total. The van der Waals surface area contributed by atoms with E-state index >= 15 is 0 Å². The molecule has 0 spiro atoms. The van der Waals surface area contributed by atoms with Crippen LogP contribution in [0.3, 0.4) is 0 Å². The molecular weight excluding hydrogens is 249 g/mol. The van der Waals surface area contributed by atoms with E-state index in [0.29, 0.717) is 5.39 Å². The molecule has 0 unspecified atom stereocenters. The van der Waals surface area contributed by atoms with Crippen LogP contribution in [-0.4, -0.2) is 0 Å². The van der Waals surface area contributed by atoms with E-state index in [1.54, 1.807) is 6.07 Å². The van der Waals surface area contributed by atoms with Crippen molar-refractivity contribution in [2.24, 2.45) is 0 Å². The minimum absolute atomic E-state index is 0.602. The number of rotatable bonds is 0. The van der Waals surface area contributed by atoms with E-state index in [1.807, 2.05) is 37.3 Å². The molecule has 3 heteroatoms. The molecule has 3 rings (SSSR count). The lowest BCUT2D eigenvalue weighted by atomic mass is 9.96. The van der Waals surface area contributed by atoms with Gasteiger partial charge in [-0.2, -0.15) is 13.2 Å². The molecule has 0 bridgehead atoms. The Morgan fingerprint density at radius 3 is 2.21 bits per heavy atom. The third-order valence-electron chi connectivity index (χ3n) is 3.46. The highest BCUT2D eigenvalue weighted by atomic mass is 19.4. The van der Waals surface area contributed by atoms with E-state index in [0.717, 1.165) is 27.8 Å². The maximum atomic E-state index is 12.7. The van der Waals surface area contributed by atoms with Gasteiger partial charge in [-0.25, -0.2) is 0 Å². The maximum absolute atomic E-state index is 12.7. The van der Waals surface area contributed by atoms with E-state index in [2.05, 4.69) is 0 Å². The van der Waals surface area contributed by atoms with Crippen LogP contribution < -0.4 is 0 Å². The van der Waals surface area contributed by atoms with Gasteiger partial charge in [0.05, 0.1) is 5.56 Å². The zero-order valence-electron chi connectivity index (χ0n) is 10.3. The molecule has 0 aliphatic heterocycles. The van der Waals surface area contributed by atoms with E-state index in [-0.39, 0.29) is 0 Å². The van der Waals surface area contributed by atoms with Crippen LogP contribution in [0.4, 0.5) is 13.2 Å². The van der Waals surface area contributed by atoms with Gasteiger partial charge < -0.3 is 0 Å². The number of aryl methyl sites for hydroxylation is 1. The quantitative estimate of drug-likeness (QED) is 0.480. The highest BCUT2D eigenvalue weighted by molar-refractivity contribution is 6.02. The highest BCUT2D eigenvalue weighted by Crippen LogP contribution is 2.34. The van der Waals surface area contributed by atoms with Crippen LogP contribution in [0.15, 0.2) is 48.5 Å². The second-order valence-electron chi connectivity index (χ2n) is 4.66. The largest absolute Gasteiger partial charge is 0.416 e. The molecule has 0 aliphatic rings. The molecule has 0 amide bonds. The lowest BCUT2D eigenvalue weighted by molar-refractivity contribution is -0.137. The first-order chi connectivity index (χ1) is 8.97. The average Bonchev–Trinajstić information content (AvgIpc) is 2.37. The van der Waals surface area contributed by atoms with Crippen LogP contribution in [0, 0.1) is 6.92 Å². The first kappa shape index (κ1) is 12.0. The molecule has 3 aromatic rings. The van der Waals surface area contributed by atoms with Crippen LogP contribution in [0.2, 0.25) is 0 Å². The predicted molar refractivity (Wildman–Crippen MR) is 71.2 cm³/mol.